The molecule has 0 unspecified atom stereocenters. The van der Waals surface area contributed by atoms with E-state index in [4.69, 9.17) is 0 Å². The molecule has 0 amide bonds. The predicted octanol–water partition coefficient (Wildman–Crippen LogP) is 5.54. The molecule has 0 saturated heterocycles. The minimum Gasteiger partial charge on any atom is -0.508 e. The zero-order valence-electron chi connectivity index (χ0n) is 15.7. The van der Waals surface area contributed by atoms with Crippen LogP contribution in [0, 0.1) is 0 Å². The molecule has 0 bridgehead atoms. The standard InChI is InChI=1S/C21H37NO/c1-4-7-8-9-11-18-22(5-2,6-3)19-12-10-13-20-14-16-21(23)17-15-20/h14-17H,4-13,18-19H2,1-3H3/p+1. The lowest BCUT2D eigenvalue weighted by Crippen LogP contribution is -2.49. The Morgan fingerprint density at radius 2 is 1.30 bits per heavy atom. The summed E-state index contributed by atoms with van der Waals surface area (Å²) in [5.74, 6) is 0.365. The van der Waals surface area contributed by atoms with Crippen LogP contribution >= 0.6 is 0 Å². The molecule has 1 N–H and O–H groups in total. The van der Waals surface area contributed by atoms with E-state index in [0.29, 0.717) is 5.75 Å². The van der Waals surface area contributed by atoms with Gasteiger partial charge >= 0.3 is 0 Å². The minimum absolute atomic E-state index is 0.365. The SMILES string of the molecule is CCCCCCC[N+](CC)(CC)CCCCc1ccc(O)cc1. The first-order valence-corrected chi connectivity index (χ1v) is 9.78. The van der Waals surface area contributed by atoms with Gasteiger partial charge in [0.2, 0.25) is 0 Å². The number of nitrogens with zero attached hydrogens (tertiary/aromatic N) is 1. The van der Waals surface area contributed by atoms with Crippen LogP contribution in [0.3, 0.4) is 0 Å². The number of aromatic hydroxyl groups is 1. The Bertz CT molecular complexity index is 395. The third kappa shape index (κ3) is 7.87. The fraction of sp³-hybridized carbons (Fsp3) is 0.714. The number of rotatable bonds is 13. The molecule has 1 rings (SSSR count). The molecule has 0 atom stereocenters. The monoisotopic (exact) mass is 320 g/mol. The normalized spacial score (nSPS) is 11.8. The van der Waals surface area contributed by atoms with E-state index in [1.165, 1.54) is 81.2 Å². The van der Waals surface area contributed by atoms with Gasteiger partial charge in [-0.05, 0) is 63.6 Å². The average molecular weight is 321 g/mol. The molecule has 0 heterocycles. The molecule has 0 aliphatic heterocycles. The third-order valence-electron chi connectivity index (χ3n) is 5.36. The second-order valence-electron chi connectivity index (χ2n) is 6.96. The van der Waals surface area contributed by atoms with Gasteiger partial charge in [0.1, 0.15) is 5.75 Å². The molecule has 132 valence electrons. The van der Waals surface area contributed by atoms with E-state index < -0.39 is 0 Å². The van der Waals surface area contributed by atoms with Crippen molar-refractivity contribution in [3.8, 4) is 5.75 Å². The Hall–Kier alpha value is -1.02. The van der Waals surface area contributed by atoms with Crippen LogP contribution in [-0.2, 0) is 6.42 Å². The molecule has 1 aromatic rings. The summed E-state index contributed by atoms with van der Waals surface area (Å²) in [5.41, 5.74) is 1.34. The minimum atomic E-state index is 0.365. The van der Waals surface area contributed by atoms with Crippen molar-refractivity contribution in [3.05, 3.63) is 29.8 Å². The van der Waals surface area contributed by atoms with Crippen LogP contribution in [0.4, 0.5) is 0 Å². The van der Waals surface area contributed by atoms with Crippen molar-refractivity contribution >= 4 is 0 Å². The fourth-order valence-electron chi connectivity index (χ4n) is 3.46. The van der Waals surface area contributed by atoms with Gasteiger partial charge in [-0.1, -0.05) is 38.3 Å². The lowest BCUT2D eigenvalue weighted by atomic mass is 10.1. The third-order valence-corrected chi connectivity index (χ3v) is 5.36. The first-order valence-electron chi connectivity index (χ1n) is 9.78. The van der Waals surface area contributed by atoms with Crippen molar-refractivity contribution in [3.63, 3.8) is 0 Å². The quantitative estimate of drug-likeness (QED) is 0.373. The zero-order valence-corrected chi connectivity index (χ0v) is 15.7. The maximum Gasteiger partial charge on any atom is 0.115 e. The first-order chi connectivity index (χ1) is 11.2. The van der Waals surface area contributed by atoms with Crippen LogP contribution < -0.4 is 0 Å². The van der Waals surface area contributed by atoms with Crippen molar-refractivity contribution in [1.82, 2.24) is 0 Å². The van der Waals surface area contributed by atoms with Crippen molar-refractivity contribution in [2.45, 2.75) is 72.1 Å². The van der Waals surface area contributed by atoms with Crippen molar-refractivity contribution in [2.75, 3.05) is 26.2 Å². The molecule has 0 aliphatic carbocycles. The Kier molecular flexibility index (Phi) is 10.0. The average Bonchev–Trinajstić information content (AvgIpc) is 2.58. The van der Waals surface area contributed by atoms with Gasteiger partial charge in [-0.15, -0.1) is 0 Å². The molecule has 0 fully saturated rings. The summed E-state index contributed by atoms with van der Waals surface area (Å²) in [7, 11) is 0. The van der Waals surface area contributed by atoms with E-state index in [-0.39, 0.29) is 0 Å². The van der Waals surface area contributed by atoms with E-state index in [2.05, 4.69) is 20.8 Å². The highest BCUT2D eigenvalue weighted by molar-refractivity contribution is 5.25. The molecular formula is C21H38NO+. The number of hydrogen-bond acceptors (Lipinski definition) is 1. The topological polar surface area (TPSA) is 20.2 Å². The van der Waals surface area contributed by atoms with E-state index in [9.17, 15) is 5.11 Å². The molecule has 2 nitrogen and oxygen atoms in total. The number of aryl methyl sites for hydroxylation is 1. The van der Waals surface area contributed by atoms with Gasteiger partial charge < -0.3 is 9.59 Å². The van der Waals surface area contributed by atoms with Crippen LogP contribution in [0.5, 0.6) is 5.75 Å². The van der Waals surface area contributed by atoms with Crippen LogP contribution in [0.2, 0.25) is 0 Å². The van der Waals surface area contributed by atoms with Gasteiger partial charge in [0.15, 0.2) is 0 Å². The summed E-state index contributed by atoms with van der Waals surface area (Å²) in [6, 6.07) is 7.68. The maximum atomic E-state index is 9.33. The molecule has 0 radical (unpaired) electrons. The highest BCUT2D eigenvalue weighted by Crippen LogP contribution is 2.16. The summed E-state index contributed by atoms with van der Waals surface area (Å²) in [5, 5.41) is 9.33. The number of phenols is 1. The number of unbranched alkanes of at least 4 members (excludes halogenated alkanes) is 5. The number of quaternary nitrogens is 1. The number of hydrogen-bond donors (Lipinski definition) is 1. The van der Waals surface area contributed by atoms with Crippen molar-refractivity contribution < 1.29 is 9.59 Å². The summed E-state index contributed by atoms with van der Waals surface area (Å²) >= 11 is 0. The van der Waals surface area contributed by atoms with Crippen LogP contribution in [0.25, 0.3) is 0 Å². The van der Waals surface area contributed by atoms with Gasteiger partial charge in [0.05, 0.1) is 26.2 Å². The van der Waals surface area contributed by atoms with Crippen LogP contribution in [0.1, 0.15) is 71.3 Å². The largest absolute Gasteiger partial charge is 0.508 e. The molecule has 1 aromatic carbocycles. The summed E-state index contributed by atoms with van der Waals surface area (Å²) in [4.78, 5) is 0. The lowest BCUT2D eigenvalue weighted by molar-refractivity contribution is -0.925. The Morgan fingerprint density at radius 3 is 1.87 bits per heavy atom. The van der Waals surface area contributed by atoms with Gasteiger partial charge in [0.25, 0.3) is 0 Å². The van der Waals surface area contributed by atoms with Gasteiger partial charge in [0, 0.05) is 0 Å². The maximum absolute atomic E-state index is 9.33. The van der Waals surface area contributed by atoms with Crippen LogP contribution in [0.15, 0.2) is 24.3 Å². The zero-order chi connectivity index (χ0) is 17.0. The predicted molar refractivity (Wildman–Crippen MR) is 101 cm³/mol. The Labute approximate surface area is 144 Å². The van der Waals surface area contributed by atoms with Gasteiger partial charge in [-0.25, -0.2) is 0 Å². The molecule has 0 spiro atoms. The van der Waals surface area contributed by atoms with Crippen molar-refractivity contribution in [2.24, 2.45) is 0 Å². The molecule has 0 aromatic heterocycles. The summed E-state index contributed by atoms with van der Waals surface area (Å²) in [6.07, 6.45) is 10.6. The second-order valence-corrected chi connectivity index (χ2v) is 6.96. The second kappa shape index (κ2) is 11.5. The molecule has 0 saturated carbocycles. The molecule has 0 aliphatic rings. The molecular weight excluding hydrogens is 282 g/mol. The number of phenolic OH excluding ortho intramolecular Hbond substituents is 1. The van der Waals surface area contributed by atoms with E-state index in [0.717, 1.165) is 6.42 Å². The fourth-order valence-corrected chi connectivity index (χ4v) is 3.46. The molecule has 2 heteroatoms. The summed E-state index contributed by atoms with van der Waals surface area (Å²) in [6.45, 7) is 12.2. The Morgan fingerprint density at radius 1 is 0.739 bits per heavy atom. The first kappa shape index (κ1) is 20.0. The molecule has 23 heavy (non-hydrogen) atoms. The summed E-state index contributed by atoms with van der Waals surface area (Å²) < 4.78 is 1.29. The van der Waals surface area contributed by atoms with E-state index in [1.54, 1.807) is 12.1 Å². The smallest absolute Gasteiger partial charge is 0.115 e. The van der Waals surface area contributed by atoms with E-state index >= 15 is 0 Å². The Balaban J connectivity index is 2.29. The van der Waals surface area contributed by atoms with Crippen molar-refractivity contribution in [1.29, 1.82) is 0 Å². The number of benzene rings is 1. The van der Waals surface area contributed by atoms with Gasteiger partial charge in [-0.3, -0.25) is 0 Å². The highest BCUT2D eigenvalue weighted by atomic mass is 16.3. The van der Waals surface area contributed by atoms with Gasteiger partial charge in [-0.2, -0.15) is 0 Å². The highest BCUT2D eigenvalue weighted by Gasteiger charge is 2.21. The lowest BCUT2D eigenvalue weighted by Gasteiger charge is -2.37. The van der Waals surface area contributed by atoms with E-state index in [1.807, 2.05) is 12.1 Å². The van der Waals surface area contributed by atoms with Crippen LogP contribution in [-0.4, -0.2) is 35.8 Å².